The molecule has 0 aliphatic carbocycles. The number of carbonyl (C=O) groups excluding carboxylic acids is 1. The van der Waals surface area contributed by atoms with Crippen LogP contribution in [-0.2, 0) is 11.4 Å². The van der Waals surface area contributed by atoms with Crippen LogP contribution >= 0.6 is 11.3 Å². The van der Waals surface area contributed by atoms with Gasteiger partial charge in [-0.2, -0.15) is 0 Å². The monoisotopic (exact) mass is 159 g/mol. The Morgan fingerprint density at radius 2 is 2.40 bits per heavy atom. The van der Waals surface area contributed by atoms with E-state index >= 15 is 0 Å². The number of carbonyl (C=O) groups is 1. The number of aliphatic hydroxyl groups is 1. The smallest absolute Gasteiger partial charge is 0.204 e. The van der Waals surface area contributed by atoms with Gasteiger partial charge in [0, 0.05) is 4.88 Å². The molecule has 1 aromatic heterocycles. The van der Waals surface area contributed by atoms with E-state index in [9.17, 15) is 0 Å². The van der Waals surface area contributed by atoms with Crippen molar-refractivity contribution in [1.82, 2.24) is 0 Å². The Morgan fingerprint density at radius 1 is 1.80 bits per heavy atom. The zero-order valence-electron chi connectivity index (χ0n) is 5.36. The Balaban J connectivity index is 0.000000236. The molecule has 3 N–H and O–H groups in total. The summed E-state index contributed by atoms with van der Waals surface area (Å²) in [5.74, 6) is 0. The van der Waals surface area contributed by atoms with Gasteiger partial charge >= 0.3 is 0 Å². The van der Waals surface area contributed by atoms with E-state index in [0.717, 1.165) is 4.88 Å². The topological polar surface area (TPSA) is 63.3 Å². The largest absolute Gasteiger partial charge is 0.391 e. The molecule has 1 aromatic rings. The summed E-state index contributed by atoms with van der Waals surface area (Å²) in [5.41, 5.74) is 4.17. The molecular weight excluding hydrogens is 150 g/mol. The maximum Gasteiger partial charge on any atom is 0.204 e. The first-order valence-electron chi connectivity index (χ1n) is 2.63. The van der Waals surface area contributed by atoms with Crippen molar-refractivity contribution in [2.75, 3.05) is 0 Å². The van der Waals surface area contributed by atoms with Gasteiger partial charge in [-0.15, -0.1) is 11.3 Å². The summed E-state index contributed by atoms with van der Waals surface area (Å²) >= 11 is 1.57. The highest BCUT2D eigenvalue weighted by molar-refractivity contribution is 7.09. The Labute approximate surface area is 63.1 Å². The molecule has 3 nitrogen and oxygen atoms in total. The number of thiophene rings is 1. The van der Waals surface area contributed by atoms with Crippen LogP contribution < -0.4 is 5.73 Å². The molecule has 0 saturated heterocycles. The van der Waals surface area contributed by atoms with E-state index in [2.05, 4.69) is 5.73 Å². The molecule has 1 heterocycles. The molecule has 4 heteroatoms. The predicted molar refractivity (Wildman–Crippen MR) is 40.5 cm³/mol. The van der Waals surface area contributed by atoms with Crippen LogP contribution in [0.15, 0.2) is 17.5 Å². The number of aliphatic hydroxyl groups excluding tert-OH is 1. The number of hydrogen-bond acceptors (Lipinski definition) is 3. The number of amides is 1. The third-order valence-corrected chi connectivity index (χ3v) is 1.60. The lowest BCUT2D eigenvalue weighted by molar-refractivity contribution is -0.106. The minimum atomic E-state index is 0.178. The van der Waals surface area contributed by atoms with Gasteiger partial charge in [0.15, 0.2) is 0 Å². The number of primary amides is 1. The van der Waals surface area contributed by atoms with E-state index in [1.54, 1.807) is 11.3 Å². The molecule has 1 amide bonds. The van der Waals surface area contributed by atoms with Crippen LogP contribution in [0.4, 0.5) is 0 Å². The molecule has 0 saturated carbocycles. The zero-order chi connectivity index (χ0) is 7.82. The van der Waals surface area contributed by atoms with Crippen molar-refractivity contribution in [1.29, 1.82) is 0 Å². The van der Waals surface area contributed by atoms with Gasteiger partial charge in [-0.3, -0.25) is 4.79 Å². The van der Waals surface area contributed by atoms with Crippen LogP contribution in [0.5, 0.6) is 0 Å². The van der Waals surface area contributed by atoms with Crippen molar-refractivity contribution in [2.24, 2.45) is 5.73 Å². The van der Waals surface area contributed by atoms with E-state index in [1.807, 2.05) is 17.5 Å². The fourth-order valence-corrected chi connectivity index (χ4v) is 0.966. The summed E-state index contributed by atoms with van der Waals surface area (Å²) in [6.07, 6.45) is 0.250. The molecular formula is C6H9NO2S. The molecule has 1 rings (SSSR count). The van der Waals surface area contributed by atoms with Gasteiger partial charge in [-0.25, -0.2) is 0 Å². The van der Waals surface area contributed by atoms with E-state index in [4.69, 9.17) is 9.90 Å². The average Bonchev–Trinajstić information content (AvgIpc) is 2.39. The third-order valence-electron chi connectivity index (χ3n) is 0.736. The van der Waals surface area contributed by atoms with Gasteiger partial charge in [-0.05, 0) is 11.4 Å². The lowest BCUT2D eigenvalue weighted by Crippen LogP contribution is -1.82. The Morgan fingerprint density at radius 3 is 2.60 bits per heavy atom. The van der Waals surface area contributed by atoms with Crippen molar-refractivity contribution in [3.05, 3.63) is 22.4 Å². The summed E-state index contributed by atoms with van der Waals surface area (Å²) in [6.45, 7) is 0.178. The second-order valence-electron chi connectivity index (χ2n) is 1.37. The molecule has 0 fully saturated rings. The number of rotatable bonds is 1. The van der Waals surface area contributed by atoms with E-state index in [0.29, 0.717) is 0 Å². The van der Waals surface area contributed by atoms with Gasteiger partial charge in [0.1, 0.15) is 0 Å². The van der Waals surface area contributed by atoms with E-state index in [-0.39, 0.29) is 13.0 Å². The van der Waals surface area contributed by atoms with Gasteiger partial charge in [0.25, 0.3) is 0 Å². The van der Waals surface area contributed by atoms with Crippen LogP contribution in [0.25, 0.3) is 0 Å². The maximum absolute atomic E-state index is 8.58. The van der Waals surface area contributed by atoms with Crippen molar-refractivity contribution < 1.29 is 9.90 Å². The first kappa shape index (κ1) is 9.13. The fraction of sp³-hybridized carbons (Fsp3) is 0.167. The summed E-state index contributed by atoms with van der Waals surface area (Å²) in [4.78, 5) is 9.61. The van der Waals surface area contributed by atoms with Crippen LogP contribution in [0.2, 0.25) is 0 Å². The maximum atomic E-state index is 8.58. The highest BCUT2D eigenvalue weighted by Crippen LogP contribution is 2.06. The van der Waals surface area contributed by atoms with Gasteiger partial charge in [0.05, 0.1) is 6.61 Å². The van der Waals surface area contributed by atoms with E-state index in [1.165, 1.54) is 0 Å². The van der Waals surface area contributed by atoms with Crippen LogP contribution in [0, 0.1) is 0 Å². The summed E-state index contributed by atoms with van der Waals surface area (Å²) in [5, 5.41) is 10.4. The molecule has 0 aromatic carbocycles. The van der Waals surface area contributed by atoms with Gasteiger partial charge < -0.3 is 10.8 Å². The molecule has 0 aliphatic heterocycles. The molecule has 0 atom stereocenters. The van der Waals surface area contributed by atoms with Crippen LogP contribution in [-0.4, -0.2) is 11.5 Å². The normalized spacial score (nSPS) is 7.70. The van der Waals surface area contributed by atoms with Crippen LogP contribution in [0.3, 0.4) is 0 Å². The third kappa shape index (κ3) is 4.05. The highest BCUT2D eigenvalue weighted by atomic mass is 32.1. The minimum absolute atomic E-state index is 0.178. The Kier molecular flexibility index (Phi) is 5.71. The standard InChI is InChI=1S/C5H6OS.CH3NO/c6-4-5-2-1-3-7-5;2-1-3/h1-3,6H,4H2;1H,(H2,2,3). The molecule has 56 valence electrons. The number of hydrogen-bond donors (Lipinski definition) is 2. The fourth-order valence-electron chi connectivity index (χ4n) is 0.403. The minimum Gasteiger partial charge on any atom is -0.391 e. The first-order valence-corrected chi connectivity index (χ1v) is 3.51. The summed E-state index contributed by atoms with van der Waals surface area (Å²) < 4.78 is 0. The van der Waals surface area contributed by atoms with Gasteiger partial charge in [-0.1, -0.05) is 6.07 Å². The summed E-state index contributed by atoms with van der Waals surface area (Å²) in [6, 6.07) is 3.83. The molecule has 10 heavy (non-hydrogen) atoms. The SMILES string of the molecule is NC=O.OCc1cccs1. The predicted octanol–water partition coefficient (Wildman–Crippen LogP) is 0.342. The first-order chi connectivity index (χ1) is 4.85. The average molecular weight is 159 g/mol. The van der Waals surface area contributed by atoms with Crippen molar-refractivity contribution >= 4 is 17.7 Å². The molecule has 0 radical (unpaired) electrons. The highest BCUT2D eigenvalue weighted by Gasteiger charge is 1.83. The Hall–Kier alpha value is -0.870. The van der Waals surface area contributed by atoms with Gasteiger partial charge in [0.2, 0.25) is 6.41 Å². The quantitative estimate of drug-likeness (QED) is 0.580. The molecule has 0 unspecified atom stereocenters. The van der Waals surface area contributed by atoms with E-state index < -0.39 is 0 Å². The zero-order valence-corrected chi connectivity index (χ0v) is 6.17. The second-order valence-corrected chi connectivity index (χ2v) is 2.41. The Bertz CT molecular complexity index is 162. The van der Waals surface area contributed by atoms with Crippen molar-refractivity contribution in [3.63, 3.8) is 0 Å². The van der Waals surface area contributed by atoms with Crippen molar-refractivity contribution in [2.45, 2.75) is 6.61 Å². The van der Waals surface area contributed by atoms with Crippen LogP contribution in [0.1, 0.15) is 4.88 Å². The lowest BCUT2D eigenvalue weighted by atomic mass is 10.5. The summed E-state index contributed by atoms with van der Waals surface area (Å²) in [7, 11) is 0. The lowest BCUT2D eigenvalue weighted by Gasteiger charge is -1.78. The molecule has 0 aliphatic rings. The molecule has 0 bridgehead atoms. The molecule has 0 spiro atoms. The number of nitrogens with two attached hydrogens (primary N) is 1. The second kappa shape index (κ2) is 6.25. The van der Waals surface area contributed by atoms with Crippen molar-refractivity contribution in [3.8, 4) is 0 Å².